The molecule has 1 amide bonds. The number of ether oxygens (including phenoxy) is 1. The monoisotopic (exact) mass is 340 g/mol. The maximum absolute atomic E-state index is 12.2. The van der Waals surface area contributed by atoms with Crippen LogP contribution in [0.15, 0.2) is 12.4 Å². The van der Waals surface area contributed by atoms with Crippen molar-refractivity contribution in [1.29, 1.82) is 0 Å². The molecular formula is C14H20N4O4S. The topological polar surface area (TPSA) is 110 Å². The Morgan fingerprint density at radius 1 is 1.35 bits per heavy atom. The first-order valence-electron chi connectivity index (χ1n) is 7.71. The first-order chi connectivity index (χ1) is 11.0. The van der Waals surface area contributed by atoms with Crippen LogP contribution in [0.25, 0.3) is 0 Å². The molecule has 8 nitrogen and oxygen atoms in total. The van der Waals surface area contributed by atoms with Crippen molar-refractivity contribution in [3.63, 3.8) is 0 Å². The van der Waals surface area contributed by atoms with Gasteiger partial charge in [0, 0.05) is 25.3 Å². The molecule has 2 atom stereocenters. The summed E-state index contributed by atoms with van der Waals surface area (Å²) in [7, 11) is -3.02. The fourth-order valence-electron chi connectivity index (χ4n) is 2.77. The molecule has 2 aliphatic rings. The van der Waals surface area contributed by atoms with Crippen LogP contribution in [0.4, 0.5) is 5.82 Å². The van der Waals surface area contributed by atoms with Crippen molar-refractivity contribution in [3.05, 3.63) is 18.1 Å². The highest BCUT2D eigenvalue weighted by Crippen LogP contribution is 2.14. The largest absolute Gasteiger partial charge is 0.376 e. The Bertz CT molecular complexity index is 673. The fourth-order valence-corrected chi connectivity index (χ4v) is 4.44. The third kappa shape index (κ3) is 4.38. The van der Waals surface area contributed by atoms with Gasteiger partial charge < -0.3 is 15.4 Å². The summed E-state index contributed by atoms with van der Waals surface area (Å²) < 4.78 is 28.4. The molecule has 126 valence electrons. The van der Waals surface area contributed by atoms with Gasteiger partial charge in [0.25, 0.3) is 5.91 Å². The number of rotatable bonds is 5. The van der Waals surface area contributed by atoms with Gasteiger partial charge in [0.05, 0.1) is 17.6 Å². The van der Waals surface area contributed by atoms with Crippen molar-refractivity contribution in [1.82, 2.24) is 15.3 Å². The number of sulfone groups is 1. The summed E-state index contributed by atoms with van der Waals surface area (Å²) >= 11 is 0. The van der Waals surface area contributed by atoms with Crippen molar-refractivity contribution < 1.29 is 17.9 Å². The standard InChI is InChI=1S/C14H20N4O4S/c19-14(18-10-3-5-23(20,21)8-10)12-6-13(17-9-16-12)15-7-11-2-1-4-22-11/h6,9-11H,1-5,7-8H2,(H,18,19)(H,15,16,17). The minimum atomic E-state index is -3.02. The molecule has 23 heavy (non-hydrogen) atoms. The summed E-state index contributed by atoms with van der Waals surface area (Å²) in [6.45, 7) is 1.42. The van der Waals surface area contributed by atoms with Crippen molar-refractivity contribution in [3.8, 4) is 0 Å². The molecule has 1 aromatic heterocycles. The second-order valence-corrected chi connectivity index (χ2v) is 8.11. The number of nitrogens with one attached hydrogen (secondary N) is 2. The van der Waals surface area contributed by atoms with Crippen LogP contribution < -0.4 is 10.6 Å². The Kier molecular flexibility index (Phi) is 4.76. The summed E-state index contributed by atoms with van der Waals surface area (Å²) in [6.07, 6.45) is 4.02. The van der Waals surface area contributed by atoms with Crippen LogP contribution in [-0.4, -0.2) is 61.1 Å². The van der Waals surface area contributed by atoms with E-state index in [1.165, 1.54) is 6.33 Å². The number of carbonyl (C=O) groups excluding carboxylic acids is 1. The van der Waals surface area contributed by atoms with Gasteiger partial charge in [-0.2, -0.15) is 0 Å². The summed E-state index contributed by atoms with van der Waals surface area (Å²) in [5, 5.41) is 5.85. The number of aromatic nitrogens is 2. The number of hydrogen-bond acceptors (Lipinski definition) is 7. The lowest BCUT2D eigenvalue weighted by molar-refractivity contribution is 0.0936. The first kappa shape index (κ1) is 16.1. The van der Waals surface area contributed by atoms with Gasteiger partial charge in [-0.25, -0.2) is 18.4 Å². The summed E-state index contributed by atoms with van der Waals surface area (Å²) in [6, 6.07) is 1.22. The molecule has 0 spiro atoms. The quantitative estimate of drug-likeness (QED) is 0.775. The molecule has 0 aromatic carbocycles. The molecule has 1 aromatic rings. The van der Waals surface area contributed by atoms with Gasteiger partial charge in [-0.05, 0) is 19.3 Å². The Morgan fingerprint density at radius 2 is 2.22 bits per heavy atom. The highest BCUT2D eigenvalue weighted by molar-refractivity contribution is 7.91. The molecule has 0 aliphatic carbocycles. The van der Waals surface area contributed by atoms with Crippen LogP contribution in [0.2, 0.25) is 0 Å². The zero-order valence-corrected chi connectivity index (χ0v) is 13.5. The van der Waals surface area contributed by atoms with Gasteiger partial charge in [0.15, 0.2) is 9.84 Å². The minimum absolute atomic E-state index is 0.00600. The number of carbonyl (C=O) groups is 1. The molecule has 2 unspecified atom stereocenters. The second kappa shape index (κ2) is 6.79. The fraction of sp³-hybridized carbons (Fsp3) is 0.643. The van der Waals surface area contributed by atoms with Crippen LogP contribution >= 0.6 is 0 Å². The van der Waals surface area contributed by atoms with Gasteiger partial charge in [0.2, 0.25) is 0 Å². The Hall–Kier alpha value is -1.74. The zero-order chi connectivity index (χ0) is 16.3. The molecule has 2 fully saturated rings. The molecule has 0 saturated carbocycles. The predicted octanol–water partition coefficient (Wildman–Crippen LogP) is -0.0156. The zero-order valence-electron chi connectivity index (χ0n) is 12.7. The van der Waals surface area contributed by atoms with Crippen LogP contribution in [0.3, 0.4) is 0 Å². The molecule has 0 radical (unpaired) electrons. The lowest BCUT2D eigenvalue weighted by Crippen LogP contribution is -2.36. The van der Waals surface area contributed by atoms with Gasteiger partial charge >= 0.3 is 0 Å². The van der Waals surface area contributed by atoms with E-state index in [0.29, 0.717) is 18.8 Å². The Morgan fingerprint density at radius 3 is 2.91 bits per heavy atom. The van der Waals surface area contributed by atoms with Gasteiger partial charge in [0.1, 0.15) is 17.8 Å². The van der Waals surface area contributed by atoms with Crippen molar-refractivity contribution in [2.45, 2.75) is 31.4 Å². The van der Waals surface area contributed by atoms with E-state index in [9.17, 15) is 13.2 Å². The van der Waals surface area contributed by atoms with E-state index < -0.39 is 9.84 Å². The van der Waals surface area contributed by atoms with Crippen LogP contribution in [0, 0.1) is 0 Å². The van der Waals surface area contributed by atoms with E-state index in [-0.39, 0.29) is 35.3 Å². The lowest BCUT2D eigenvalue weighted by Gasteiger charge is -2.13. The first-order valence-corrected chi connectivity index (χ1v) is 9.53. The van der Waals surface area contributed by atoms with Crippen molar-refractivity contribution in [2.24, 2.45) is 0 Å². The molecule has 3 heterocycles. The smallest absolute Gasteiger partial charge is 0.270 e. The predicted molar refractivity (Wildman–Crippen MR) is 84.0 cm³/mol. The van der Waals surface area contributed by atoms with E-state index >= 15 is 0 Å². The summed E-state index contributed by atoms with van der Waals surface area (Å²) in [5.41, 5.74) is 0.221. The highest BCUT2D eigenvalue weighted by Gasteiger charge is 2.29. The van der Waals surface area contributed by atoms with E-state index in [4.69, 9.17) is 4.74 Å². The Balaban J connectivity index is 1.56. The van der Waals surface area contributed by atoms with Crippen LogP contribution in [0.1, 0.15) is 29.8 Å². The van der Waals surface area contributed by atoms with Gasteiger partial charge in [-0.3, -0.25) is 4.79 Å². The normalized spacial score (nSPS) is 26.1. The van der Waals surface area contributed by atoms with E-state index in [1.54, 1.807) is 6.07 Å². The summed E-state index contributed by atoms with van der Waals surface area (Å²) in [4.78, 5) is 20.2. The number of anilines is 1. The molecule has 0 bridgehead atoms. The maximum atomic E-state index is 12.2. The third-order valence-corrected chi connectivity index (χ3v) is 5.77. The molecule has 2 N–H and O–H groups in total. The van der Waals surface area contributed by atoms with Crippen LogP contribution in [0.5, 0.6) is 0 Å². The van der Waals surface area contributed by atoms with E-state index in [0.717, 1.165) is 19.4 Å². The van der Waals surface area contributed by atoms with Gasteiger partial charge in [-0.15, -0.1) is 0 Å². The van der Waals surface area contributed by atoms with E-state index in [2.05, 4.69) is 20.6 Å². The van der Waals surface area contributed by atoms with Crippen molar-refractivity contribution >= 4 is 21.6 Å². The highest BCUT2D eigenvalue weighted by atomic mass is 32.2. The molecule has 2 saturated heterocycles. The number of nitrogens with zero attached hydrogens (tertiary/aromatic N) is 2. The Labute approximate surface area is 135 Å². The molecular weight excluding hydrogens is 320 g/mol. The molecule has 9 heteroatoms. The van der Waals surface area contributed by atoms with Gasteiger partial charge in [-0.1, -0.05) is 0 Å². The van der Waals surface area contributed by atoms with Crippen molar-refractivity contribution in [2.75, 3.05) is 30.0 Å². The number of amides is 1. The van der Waals surface area contributed by atoms with E-state index in [1.807, 2.05) is 0 Å². The lowest BCUT2D eigenvalue weighted by atomic mass is 10.2. The average Bonchev–Trinajstić information content (AvgIpc) is 3.15. The molecule has 3 rings (SSSR count). The average molecular weight is 340 g/mol. The molecule has 2 aliphatic heterocycles. The minimum Gasteiger partial charge on any atom is -0.376 e. The summed E-state index contributed by atoms with van der Waals surface area (Å²) in [5.74, 6) is 0.290. The second-order valence-electron chi connectivity index (χ2n) is 5.88. The van der Waals surface area contributed by atoms with Crippen LogP contribution in [-0.2, 0) is 14.6 Å². The maximum Gasteiger partial charge on any atom is 0.270 e. The SMILES string of the molecule is O=C(NC1CCS(=O)(=O)C1)c1cc(NCC2CCCO2)ncn1. The number of hydrogen-bond donors (Lipinski definition) is 2. The third-order valence-electron chi connectivity index (χ3n) is 4.00.